The molecule has 5 nitrogen and oxygen atoms in total. The predicted octanol–water partition coefficient (Wildman–Crippen LogP) is 2.79. The van der Waals surface area contributed by atoms with Crippen molar-refractivity contribution in [2.45, 2.75) is 18.7 Å². The van der Waals surface area contributed by atoms with Crippen molar-refractivity contribution in [2.24, 2.45) is 5.90 Å². The second-order valence-corrected chi connectivity index (χ2v) is 4.19. The first-order chi connectivity index (χ1) is 8.20. The zero-order valence-corrected chi connectivity index (χ0v) is 10.3. The van der Waals surface area contributed by atoms with Gasteiger partial charge in [-0.25, -0.2) is 4.98 Å². The average Bonchev–Trinajstić information content (AvgIpc) is 2.66. The molecule has 0 aliphatic rings. The Morgan fingerprint density at radius 2 is 1.94 bits per heavy atom. The van der Waals surface area contributed by atoms with Gasteiger partial charge in [0.15, 0.2) is 11.7 Å². The molecule has 0 atom stereocenters. The maximum atomic E-state index is 5.53. The van der Waals surface area contributed by atoms with E-state index in [0.717, 1.165) is 34.0 Å². The van der Waals surface area contributed by atoms with Crippen LogP contribution in [0.1, 0.15) is 11.6 Å². The van der Waals surface area contributed by atoms with Gasteiger partial charge < -0.3 is 4.42 Å². The highest BCUT2D eigenvalue weighted by Crippen LogP contribution is 2.27. The topological polar surface area (TPSA) is 70.5 Å². The Morgan fingerprint density at radius 1 is 1.24 bits per heavy atom. The van der Waals surface area contributed by atoms with Crippen molar-refractivity contribution in [1.82, 2.24) is 4.98 Å². The van der Waals surface area contributed by atoms with Gasteiger partial charge in [0, 0.05) is 17.4 Å². The van der Waals surface area contributed by atoms with E-state index in [4.69, 9.17) is 10.3 Å². The number of hydrogen-bond acceptors (Lipinski definition) is 6. The third-order valence-electron chi connectivity index (χ3n) is 2.19. The highest BCUT2D eigenvalue weighted by Gasteiger charge is 2.09. The Kier molecular flexibility index (Phi) is 3.80. The molecule has 0 fully saturated rings. The van der Waals surface area contributed by atoms with E-state index in [1.807, 2.05) is 38.1 Å². The number of aryl methyl sites for hydroxylation is 2. The number of nitrogens with two attached hydrogens (primary N) is 1. The molecule has 2 N–H and O–H groups in total. The molecule has 2 rings (SSSR count). The molecule has 0 radical (unpaired) electrons. The van der Waals surface area contributed by atoms with Gasteiger partial charge in [0.2, 0.25) is 0 Å². The highest BCUT2D eigenvalue weighted by atomic mass is 32.2. The lowest BCUT2D eigenvalue weighted by Crippen LogP contribution is -1.93. The van der Waals surface area contributed by atoms with Gasteiger partial charge in [-0.1, -0.05) is 0 Å². The number of rotatable bonds is 4. The Balaban J connectivity index is 2.20. The maximum Gasteiger partial charge on any atom is 0.192 e. The lowest BCUT2D eigenvalue weighted by molar-refractivity contribution is -0.195. The van der Waals surface area contributed by atoms with Crippen LogP contribution in [0.3, 0.4) is 0 Å². The van der Waals surface area contributed by atoms with Crippen molar-refractivity contribution in [1.29, 1.82) is 0 Å². The molecule has 0 saturated carbocycles. The molecular formula is C11H12N2O3S. The fraction of sp³-hybridized carbons (Fsp3) is 0.182. The molecule has 1 aromatic carbocycles. The Morgan fingerprint density at radius 3 is 2.47 bits per heavy atom. The van der Waals surface area contributed by atoms with Crippen LogP contribution in [0.4, 0.5) is 0 Å². The molecule has 17 heavy (non-hydrogen) atoms. The van der Waals surface area contributed by atoms with Crippen LogP contribution in [0.2, 0.25) is 0 Å². The largest absolute Gasteiger partial charge is 0.441 e. The minimum Gasteiger partial charge on any atom is -0.441 e. The summed E-state index contributed by atoms with van der Waals surface area (Å²) in [6.07, 6.45) is 0. The summed E-state index contributed by atoms with van der Waals surface area (Å²) in [5.74, 6) is 6.20. The van der Waals surface area contributed by atoms with E-state index in [2.05, 4.69) is 14.3 Å². The van der Waals surface area contributed by atoms with Crippen LogP contribution in [-0.4, -0.2) is 4.98 Å². The van der Waals surface area contributed by atoms with E-state index in [-0.39, 0.29) is 0 Å². The molecular weight excluding hydrogens is 240 g/mol. The van der Waals surface area contributed by atoms with Crippen molar-refractivity contribution >= 4 is 12.0 Å². The van der Waals surface area contributed by atoms with Gasteiger partial charge in [0.1, 0.15) is 0 Å². The maximum absolute atomic E-state index is 5.53. The third kappa shape index (κ3) is 2.86. The minimum absolute atomic E-state index is 0.663. The van der Waals surface area contributed by atoms with E-state index in [0.29, 0.717) is 5.89 Å². The molecule has 0 unspecified atom stereocenters. The fourth-order valence-corrected chi connectivity index (χ4v) is 1.88. The molecule has 90 valence electrons. The molecule has 1 heterocycles. The normalized spacial score (nSPS) is 10.8. The number of nitrogens with zero attached hydrogens (tertiary/aromatic N) is 1. The van der Waals surface area contributed by atoms with E-state index in [9.17, 15) is 0 Å². The average molecular weight is 252 g/mol. The molecule has 0 spiro atoms. The summed E-state index contributed by atoms with van der Waals surface area (Å²) in [5, 5.41) is 0. The van der Waals surface area contributed by atoms with Crippen molar-refractivity contribution in [3.63, 3.8) is 0 Å². The molecule has 2 aromatic rings. The van der Waals surface area contributed by atoms with Crippen molar-refractivity contribution in [3.05, 3.63) is 35.9 Å². The predicted molar refractivity (Wildman–Crippen MR) is 63.6 cm³/mol. The first-order valence-corrected chi connectivity index (χ1v) is 5.69. The fourth-order valence-electron chi connectivity index (χ4n) is 1.52. The number of benzene rings is 1. The first kappa shape index (κ1) is 12.1. The van der Waals surface area contributed by atoms with E-state index in [1.54, 1.807) is 0 Å². The summed E-state index contributed by atoms with van der Waals surface area (Å²) < 4.78 is 10.1. The molecule has 0 bridgehead atoms. The molecule has 6 heteroatoms. The summed E-state index contributed by atoms with van der Waals surface area (Å²) in [4.78, 5) is 9.13. The summed E-state index contributed by atoms with van der Waals surface area (Å²) in [7, 11) is 0. The second-order valence-electron chi connectivity index (χ2n) is 3.42. The molecule has 0 aliphatic heterocycles. The second kappa shape index (κ2) is 5.33. The van der Waals surface area contributed by atoms with E-state index in [1.165, 1.54) is 0 Å². The lowest BCUT2D eigenvalue weighted by Gasteiger charge is -2.00. The minimum atomic E-state index is 0.663. The van der Waals surface area contributed by atoms with Gasteiger partial charge in [0.05, 0.1) is 17.7 Å². The molecule has 1 aromatic heterocycles. The van der Waals surface area contributed by atoms with Crippen LogP contribution in [0.15, 0.2) is 33.6 Å². The zero-order valence-electron chi connectivity index (χ0n) is 9.47. The monoisotopic (exact) mass is 252 g/mol. The highest BCUT2D eigenvalue weighted by molar-refractivity contribution is 7.94. The first-order valence-electron chi connectivity index (χ1n) is 4.95. The van der Waals surface area contributed by atoms with Crippen LogP contribution < -0.4 is 5.90 Å². The van der Waals surface area contributed by atoms with Crippen LogP contribution in [0.25, 0.3) is 11.3 Å². The molecule has 0 aliphatic carbocycles. The standard InChI is InChI=1S/C11H12N2O3S/c1-7-11(14-8(2)13-7)9-3-5-10(6-4-9)17-16-15-12/h3-6H,12H2,1-2H3. The summed E-state index contributed by atoms with van der Waals surface area (Å²) in [6.45, 7) is 3.74. The molecule has 0 amide bonds. The number of hydrogen-bond donors (Lipinski definition) is 1. The smallest absolute Gasteiger partial charge is 0.192 e. The lowest BCUT2D eigenvalue weighted by atomic mass is 10.1. The van der Waals surface area contributed by atoms with Gasteiger partial charge >= 0.3 is 0 Å². The molecule has 0 saturated heterocycles. The van der Waals surface area contributed by atoms with Crippen LogP contribution in [0, 0.1) is 13.8 Å². The van der Waals surface area contributed by atoms with Gasteiger partial charge in [-0.2, -0.15) is 5.90 Å². The van der Waals surface area contributed by atoms with Gasteiger partial charge in [-0.3, -0.25) is 0 Å². The van der Waals surface area contributed by atoms with Crippen LogP contribution >= 0.6 is 12.0 Å². The SMILES string of the molecule is Cc1nc(C)c(-c2ccc(SOON)cc2)o1. The van der Waals surface area contributed by atoms with Gasteiger partial charge in [-0.15, -0.1) is 9.32 Å². The third-order valence-corrected chi connectivity index (χ3v) is 2.80. The Bertz CT molecular complexity index is 496. The van der Waals surface area contributed by atoms with Crippen LogP contribution in [-0.2, 0) is 9.32 Å². The zero-order chi connectivity index (χ0) is 12.3. The number of aromatic nitrogens is 1. The number of oxazole rings is 1. The van der Waals surface area contributed by atoms with E-state index >= 15 is 0 Å². The van der Waals surface area contributed by atoms with Gasteiger partial charge in [-0.05, 0) is 31.2 Å². The van der Waals surface area contributed by atoms with Gasteiger partial charge in [0.25, 0.3) is 0 Å². The Labute approximate surface area is 103 Å². The summed E-state index contributed by atoms with van der Waals surface area (Å²) in [5.41, 5.74) is 1.85. The summed E-state index contributed by atoms with van der Waals surface area (Å²) >= 11 is 1.04. The van der Waals surface area contributed by atoms with Crippen LogP contribution in [0.5, 0.6) is 0 Å². The van der Waals surface area contributed by atoms with Crippen molar-refractivity contribution < 1.29 is 13.7 Å². The summed E-state index contributed by atoms with van der Waals surface area (Å²) in [6, 6.07) is 7.62. The van der Waals surface area contributed by atoms with E-state index < -0.39 is 0 Å². The van der Waals surface area contributed by atoms with Crippen molar-refractivity contribution in [2.75, 3.05) is 0 Å². The van der Waals surface area contributed by atoms with Crippen molar-refractivity contribution in [3.8, 4) is 11.3 Å². The quantitative estimate of drug-likeness (QED) is 0.512. The Hall–Kier alpha value is -1.34.